The largest absolute Gasteiger partial charge is 0.381 e. The fraction of sp³-hybridized carbons (Fsp3) is 0.429. The van der Waals surface area contributed by atoms with Gasteiger partial charge in [-0.25, -0.2) is 0 Å². The average Bonchev–Trinajstić information content (AvgIpc) is 2.99. The Morgan fingerprint density at radius 1 is 1.35 bits per heavy atom. The fourth-order valence-electron chi connectivity index (χ4n) is 2.63. The van der Waals surface area contributed by atoms with Crippen LogP contribution in [0.5, 0.6) is 0 Å². The molecule has 1 aromatic carbocycles. The van der Waals surface area contributed by atoms with Crippen molar-refractivity contribution in [2.24, 2.45) is 11.7 Å². The van der Waals surface area contributed by atoms with E-state index in [4.69, 9.17) is 10.5 Å². The molecule has 1 aliphatic rings. The predicted octanol–water partition coefficient (Wildman–Crippen LogP) is 2.14. The Morgan fingerprint density at radius 2 is 2.29 bits per heavy atom. The molecule has 0 radical (unpaired) electrons. The molecule has 1 unspecified atom stereocenters. The second-order valence-corrected chi connectivity index (χ2v) is 4.75. The first-order valence-electron chi connectivity index (χ1n) is 6.23. The van der Waals surface area contributed by atoms with Gasteiger partial charge in [0.25, 0.3) is 0 Å². The lowest BCUT2D eigenvalue weighted by molar-refractivity contribution is 0.183. The van der Waals surface area contributed by atoms with Gasteiger partial charge >= 0.3 is 0 Å². The number of nitrogens with zero attached hydrogens (tertiary/aromatic N) is 1. The summed E-state index contributed by atoms with van der Waals surface area (Å²) >= 11 is 0. The maximum atomic E-state index is 5.76. The third-order valence-electron chi connectivity index (χ3n) is 3.60. The summed E-state index contributed by atoms with van der Waals surface area (Å²) < 4.78 is 7.76. The molecule has 3 rings (SSSR count). The number of aromatic nitrogens is 1. The van der Waals surface area contributed by atoms with Crippen molar-refractivity contribution in [3.05, 3.63) is 36.0 Å². The van der Waals surface area contributed by atoms with Crippen LogP contribution in [0, 0.1) is 5.92 Å². The molecule has 0 aliphatic carbocycles. The second kappa shape index (κ2) is 4.51. The Morgan fingerprint density at radius 3 is 3.06 bits per heavy atom. The Bertz CT molecular complexity index is 512. The first-order valence-corrected chi connectivity index (χ1v) is 6.23. The number of hydrogen-bond acceptors (Lipinski definition) is 2. The molecule has 1 aliphatic heterocycles. The Balaban J connectivity index is 1.94. The van der Waals surface area contributed by atoms with Gasteiger partial charge < -0.3 is 15.0 Å². The summed E-state index contributed by atoms with van der Waals surface area (Å²) in [5, 5.41) is 1.29. The molecule has 1 saturated heterocycles. The molecule has 0 saturated carbocycles. The summed E-state index contributed by atoms with van der Waals surface area (Å²) in [6.45, 7) is 3.47. The summed E-state index contributed by atoms with van der Waals surface area (Å²) in [6, 6.07) is 8.54. The minimum absolute atomic E-state index is 0.605. The van der Waals surface area contributed by atoms with Crippen molar-refractivity contribution in [2.45, 2.75) is 19.5 Å². The quantitative estimate of drug-likeness (QED) is 0.877. The Kier molecular flexibility index (Phi) is 2.87. The second-order valence-electron chi connectivity index (χ2n) is 4.75. The minimum atomic E-state index is 0.605. The lowest BCUT2D eigenvalue weighted by Crippen LogP contribution is -2.09. The van der Waals surface area contributed by atoms with Gasteiger partial charge in [-0.1, -0.05) is 12.1 Å². The number of ether oxygens (including phenoxy) is 1. The highest BCUT2D eigenvalue weighted by Crippen LogP contribution is 2.23. The van der Waals surface area contributed by atoms with Crippen molar-refractivity contribution in [1.82, 2.24) is 4.57 Å². The SMILES string of the molecule is NCc1cccc2c1ccn2CC1CCOC1. The van der Waals surface area contributed by atoms with Crippen LogP contribution < -0.4 is 5.73 Å². The van der Waals surface area contributed by atoms with Gasteiger partial charge in [-0.05, 0) is 24.1 Å². The van der Waals surface area contributed by atoms with Gasteiger partial charge in [0, 0.05) is 42.7 Å². The lowest BCUT2D eigenvalue weighted by atomic mass is 10.1. The highest BCUT2D eigenvalue weighted by molar-refractivity contribution is 5.83. The number of rotatable bonds is 3. The molecule has 2 heterocycles. The first-order chi connectivity index (χ1) is 8.38. The van der Waals surface area contributed by atoms with Crippen molar-refractivity contribution in [3.8, 4) is 0 Å². The molecule has 2 aromatic rings. The molecular weight excluding hydrogens is 212 g/mol. The zero-order chi connectivity index (χ0) is 11.7. The molecule has 1 fully saturated rings. The van der Waals surface area contributed by atoms with E-state index < -0.39 is 0 Å². The van der Waals surface area contributed by atoms with Crippen LogP contribution in [0.2, 0.25) is 0 Å². The van der Waals surface area contributed by atoms with Crippen LogP contribution in [0.4, 0.5) is 0 Å². The average molecular weight is 230 g/mol. The standard InChI is InChI=1S/C14H18N2O/c15-8-12-2-1-3-14-13(12)4-6-16(14)9-11-5-7-17-10-11/h1-4,6,11H,5,7-10,15H2. The van der Waals surface area contributed by atoms with E-state index in [2.05, 4.69) is 35.0 Å². The molecule has 90 valence electrons. The van der Waals surface area contributed by atoms with Crippen LogP contribution in [0.3, 0.4) is 0 Å². The van der Waals surface area contributed by atoms with E-state index in [1.165, 1.54) is 22.9 Å². The van der Waals surface area contributed by atoms with Gasteiger partial charge in [0.2, 0.25) is 0 Å². The van der Waals surface area contributed by atoms with Crippen molar-refractivity contribution >= 4 is 10.9 Å². The van der Waals surface area contributed by atoms with E-state index in [1.54, 1.807) is 0 Å². The predicted molar refractivity (Wildman–Crippen MR) is 68.8 cm³/mol. The molecular formula is C14H18N2O. The fourth-order valence-corrected chi connectivity index (χ4v) is 2.63. The summed E-state index contributed by atoms with van der Waals surface area (Å²) in [5.74, 6) is 0.659. The minimum Gasteiger partial charge on any atom is -0.381 e. The lowest BCUT2D eigenvalue weighted by Gasteiger charge is -2.10. The van der Waals surface area contributed by atoms with Gasteiger partial charge in [-0.2, -0.15) is 0 Å². The first kappa shape index (κ1) is 10.8. The van der Waals surface area contributed by atoms with E-state index in [0.717, 1.165) is 19.8 Å². The summed E-state index contributed by atoms with van der Waals surface area (Å²) in [5.41, 5.74) is 8.28. The van der Waals surface area contributed by atoms with Crippen molar-refractivity contribution in [3.63, 3.8) is 0 Å². The van der Waals surface area contributed by atoms with Crippen LogP contribution in [-0.4, -0.2) is 17.8 Å². The van der Waals surface area contributed by atoms with E-state index in [9.17, 15) is 0 Å². The third-order valence-corrected chi connectivity index (χ3v) is 3.60. The maximum absolute atomic E-state index is 5.76. The maximum Gasteiger partial charge on any atom is 0.0512 e. The highest BCUT2D eigenvalue weighted by Gasteiger charge is 2.16. The molecule has 17 heavy (non-hydrogen) atoms. The van der Waals surface area contributed by atoms with Gasteiger partial charge in [0.05, 0.1) is 6.61 Å². The Labute approximate surface area is 101 Å². The van der Waals surface area contributed by atoms with Gasteiger partial charge in [-0.3, -0.25) is 0 Å². The van der Waals surface area contributed by atoms with Crippen LogP contribution in [0.25, 0.3) is 10.9 Å². The molecule has 3 heteroatoms. The number of benzene rings is 1. The normalized spacial score (nSPS) is 20.2. The summed E-state index contributed by atoms with van der Waals surface area (Å²) in [7, 11) is 0. The molecule has 0 spiro atoms. The third kappa shape index (κ3) is 1.96. The van der Waals surface area contributed by atoms with Crippen LogP contribution >= 0.6 is 0 Å². The molecule has 3 nitrogen and oxygen atoms in total. The van der Waals surface area contributed by atoms with E-state index >= 15 is 0 Å². The molecule has 2 N–H and O–H groups in total. The zero-order valence-electron chi connectivity index (χ0n) is 9.93. The molecule has 1 atom stereocenters. The van der Waals surface area contributed by atoms with E-state index in [0.29, 0.717) is 12.5 Å². The van der Waals surface area contributed by atoms with Crippen LogP contribution in [0.1, 0.15) is 12.0 Å². The molecule has 1 aromatic heterocycles. The monoisotopic (exact) mass is 230 g/mol. The van der Waals surface area contributed by atoms with E-state index in [1.807, 2.05) is 0 Å². The van der Waals surface area contributed by atoms with Gasteiger partial charge in [0.15, 0.2) is 0 Å². The van der Waals surface area contributed by atoms with Crippen molar-refractivity contribution in [2.75, 3.05) is 13.2 Å². The van der Waals surface area contributed by atoms with Gasteiger partial charge in [0.1, 0.15) is 0 Å². The van der Waals surface area contributed by atoms with Crippen LogP contribution in [-0.2, 0) is 17.8 Å². The molecule has 0 amide bonds. The number of nitrogens with two attached hydrogens (primary N) is 1. The topological polar surface area (TPSA) is 40.2 Å². The van der Waals surface area contributed by atoms with Gasteiger partial charge in [-0.15, -0.1) is 0 Å². The van der Waals surface area contributed by atoms with Crippen LogP contribution in [0.15, 0.2) is 30.5 Å². The molecule has 0 bridgehead atoms. The smallest absolute Gasteiger partial charge is 0.0512 e. The highest BCUT2D eigenvalue weighted by atomic mass is 16.5. The Hall–Kier alpha value is -1.32. The summed E-state index contributed by atoms with van der Waals surface area (Å²) in [4.78, 5) is 0. The number of fused-ring (bicyclic) bond motifs is 1. The number of hydrogen-bond donors (Lipinski definition) is 1. The summed E-state index contributed by atoms with van der Waals surface area (Å²) in [6.07, 6.45) is 3.35. The van der Waals surface area contributed by atoms with E-state index in [-0.39, 0.29) is 0 Å². The van der Waals surface area contributed by atoms with Crippen molar-refractivity contribution in [1.29, 1.82) is 0 Å². The zero-order valence-corrected chi connectivity index (χ0v) is 9.93. The van der Waals surface area contributed by atoms with Crippen molar-refractivity contribution < 1.29 is 4.74 Å².